The van der Waals surface area contributed by atoms with Gasteiger partial charge in [0.05, 0.1) is 25.3 Å². The van der Waals surface area contributed by atoms with Crippen molar-refractivity contribution in [3.05, 3.63) is 17.0 Å². The summed E-state index contributed by atoms with van der Waals surface area (Å²) in [5.74, 6) is -2.58. The largest absolute Gasteiger partial charge is 0.465 e. The Hall–Kier alpha value is -1.78. The molecule has 2 aliphatic rings. The number of fused-ring (bicyclic) bond motifs is 1. The minimum Gasteiger partial charge on any atom is -0.465 e. The van der Waals surface area contributed by atoms with Crippen LogP contribution in [-0.2, 0) is 29.0 Å². The second-order valence-corrected chi connectivity index (χ2v) is 9.43. The van der Waals surface area contributed by atoms with Gasteiger partial charge in [0.2, 0.25) is 0 Å². The van der Waals surface area contributed by atoms with Crippen LogP contribution in [0.25, 0.3) is 0 Å². The van der Waals surface area contributed by atoms with Crippen molar-refractivity contribution >= 4 is 6.09 Å². The number of ether oxygens (including phenoxy) is 2. The first-order valence-electron chi connectivity index (χ1n) is 12.0. The average Bonchev–Trinajstić information content (AvgIpc) is 3.25. The van der Waals surface area contributed by atoms with Crippen molar-refractivity contribution in [3.8, 4) is 0 Å². The molecule has 33 heavy (non-hydrogen) atoms. The Morgan fingerprint density at radius 1 is 1.24 bits per heavy atom. The summed E-state index contributed by atoms with van der Waals surface area (Å²) in [5, 5.41) is 16.8. The van der Waals surface area contributed by atoms with Gasteiger partial charge in [-0.25, -0.2) is 13.6 Å². The highest BCUT2D eigenvalue weighted by molar-refractivity contribution is 5.64. The molecule has 0 unspecified atom stereocenters. The quantitative estimate of drug-likeness (QED) is 0.453. The summed E-state index contributed by atoms with van der Waals surface area (Å²) in [4.78, 5) is 12.2. The highest BCUT2D eigenvalue weighted by Crippen LogP contribution is 2.47. The van der Waals surface area contributed by atoms with Gasteiger partial charge in [-0.05, 0) is 45.4 Å². The molecule has 0 bridgehead atoms. The number of hydrogen-bond acceptors (Lipinski definition) is 5. The lowest BCUT2D eigenvalue weighted by Crippen LogP contribution is -2.36. The van der Waals surface area contributed by atoms with Crippen LogP contribution < -0.4 is 5.32 Å². The number of halogens is 2. The van der Waals surface area contributed by atoms with E-state index in [1.54, 1.807) is 0 Å². The van der Waals surface area contributed by atoms with Crippen LogP contribution in [0.1, 0.15) is 62.4 Å². The van der Waals surface area contributed by atoms with E-state index in [2.05, 4.69) is 10.4 Å². The molecule has 10 heteroatoms. The predicted molar refractivity (Wildman–Crippen MR) is 120 cm³/mol. The predicted octanol–water partition coefficient (Wildman–Crippen LogP) is 3.49. The Kier molecular flexibility index (Phi) is 8.69. The minimum atomic E-state index is -2.75. The van der Waals surface area contributed by atoms with E-state index < -0.39 is 12.0 Å². The summed E-state index contributed by atoms with van der Waals surface area (Å²) in [6.45, 7) is 7.50. The van der Waals surface area contributed by atoms with E-state index in [4.69, 9.17) is 14.6 Å². The summed E-state index contributed by atoms with van der Waals surface area (Å²) in [7, 11) is 1.52. The summed E-state index contributed by atoms with van der Waals surface area (Å²) in [6.07, 6.45) is 2.38. The molecule has 1 aliphatic heterocycles. The third-order valence-corrected chi connectivity index (χ3v) is 6.90. The fourth-order valence-electron chi connectivity index (χ4n) is 5.04. The van der Waals surface area contributed by atoms with Crippen molar-refractivity contribution in [2.24, 2.45) is 5.41 Å². The Morgan fingerprint density at radius 2 is 1.88 bits per heavy atom. The Labute approximate surface area is 194 Å². The third kappa shape index (κ3) is 6.42. The van der Waals surface area contributed by atoms with E-state index in [1.165, 1.54) is 16.6 Å². The normalized spacial score (nSPS) is 19.5. The first-order chi connectivity index (χ1) is 15.7. The lowest BCUT2D eigenvalue weighted by molar-refractivity contribution is -0.0396. The van der Waals surface area contributed by atoms with E-state index in [0.717, 1.165) is 36.9 Å². The molecule has 1 fully saturated rings. The van der Waals surface area contributed by atoms with Crippen molar-refractivity contribution < 1.29 is 28.2 Å². The third-order valence-electron chi connectivity index (χ3n) is 6.90. The van der Waals surface area contributed by atoms with Crippen molar-refractivity contribution in [2.45, 2.75) is 70.9 Å². The molecule has 0 saturated heterocycles. The van der Waals surface area contributed by atoms with Crippen molar-refractivity contribution in [3.63, 3.8) is 0 Å². The Bertz CT molecular complexity index is 784. The van der Waals surface area contributed by atoms with Crippen molar-refractivity contribution in [1.82, 2.24) is 20.0 Å². The number of carbonyl (C=O) groups is 1. The summed E-state index contributed by atoms with van der Waals surface area (Å²) in [6, 6.07) is 0. The molecule has 3 rings (SSSR count). The van der Waals surface area contributed by atoms with E-state index in [0.29, 0.717) is 51.8 Å². The molecule has 2 heterocycles. The molecule has 0 aromatic carbocycles. The van der Waals surface area contributed by atoms with Crippen molar-refractivity contribution in [1.29, 1.82) is 0 Å². The zero-order valence-electron chi connectivity index (χ0n) is 20.0. The first-order valence-corrected chi connectivity index (χ1v) is 12.0. The highest BCUT2D eigenvalue weighted by atomic mass is 19.3. The topological polar surface area (TPSA) is 88.8 Å². The SMILES string of the molecule is CCOCC1(COCC)CCC(c2c(CNCCN(C)C(=O)O)nn3c2CC(F)(F)C3)CC1. The number of nitrogens with one attached hydrogen (secondary N) is 1. The van der Waals surface area contributed by atoms with Gasteiger partial charge < -0.3 is 24.8 Å². The highest BCUT2D eigenvalue weighted by Gasteiger charge is 2.44. The molecule has 1 aliphatic carbocycles. The van der Waals surface area contributed by atoms with E-state index in [1.807, 2.05) is 13.8 Å². The molecule has 1 aromatic rings. The van der Waals surface area contributed by atoms with Crippen LogP contribution in [-0.4, -0.2) is 78.4 Å². The molecule has 2 N–H and O–H groups in total. The van der Waals surface area contributed by atoms with E-state index in [-0.39, 0.29) is 24.3 Å². The fourth-order valence-corrected chi connectivity index (χ4v) is 5.04. The smallest absolute Gasteiger partial charge is 0.407 e. The van der Waals surface area contributed by atoms with Crippen LogP contribution in [0, 0.1) is 5.41 Å². The van der Waals surface area contributed by atoms with E-state index >= 15 is 0 Å². The number of hydrogen-bond donors (Lipinski definition) is 2. The molecule has 8 nitrogen and oxygen atoms in total. The zero-order chi connectivity index (χ0) is 24.1. The number of rotatable bonds is 12. The summed E-state index contributed by atoms with van der Waals surface area (Å²) in [5.41, 5.74) is 2.41. The van der Waals surface area contributed by atoms with Crippen LogP contribution in [0.15, 0.2) is 0 Å². The van der Waals surface area contributed by atoms with Gasteiger partial charge in [0, 0.05) is 56.6 Å². The van der Waals surface area contributed by atoms with Gasteiger partial charge in [0.15, 0.2) is 0 Å². The van der Waals surface area contributed by atoms with Crippen LogP contribution in [0.3, 0.4) is 0 Å². The molecule has 188 valence electrons. The number of carboxylic acid groups (broad SMARTS) is 1. The Balaban J connectivity index is 1.71. The fraction of sp³-hybridized carbons (Fsp3) is 0.826. The lowest BCUT2D eigenvalue weighted by Gasteiger charge is -2.40. The summed E-state index contributed by atoms with van der Waals surface area (Å²) >= 11 is 0. The lowest BCUT2D eigenvalue weighted by atomic mass is 9.69. The van der Waals surface area contributed by atoms with Gasteiger partial charge in [-0.3, -0.25) is 4.68 Å². The van der Waals surface area contributed by atoms with Crippen LogP contribution in [0.2, 0.25) is 0 Å². The number of aromatic nitrogens is 2. The maximum Gasteiger partial charge on any atom is 0.407 e. The molecular weight excluding hydrogens is 434 g/mol. The molecule has 1 amide bonds. The van der Waals surface area contributed by atoms with Gasteiger partial charge in [0.25, 0.3) is 5.92 Å². The van der Waals surface area contributed by atoms with Gasteiger partial charge in [-0.1, -0.05) is 0 Å². The minimum absolute atomic E-state index is 0.0252. The maximum atomic E-state index is 14.2. The second-order valence-electron chi connectivity index (χ2n) is 9.43. The molecular formula is C23H38F2N4O4. The average molecular weight is 473 g/mol. The van der Waals surface area contributed by atoms with Gasteiger partial charge in [0.1, 0.15) is 6.54 Å². The molecule has 0 spiro atoms. The van der Waals surface area contributed by atoms with Gasteiger partial charge >= 0.3 is 6.09 Å². The standard InChI is InChI=1S/C23H38F2N4O4/c1-4-32-15-22(16-33-5-2)8-6-17(7-9-22)20-18(13-26-10-11-28(3)21(30)31)27-29-14-23(24,25)12-19(20)29/h17,26H,4-16H2,1-3H3,(H,30,31). The van der Waals surface area contributed by atoms with Crippen molar-refractivity contribution in [2.75, 3.05) is 46.6 Å². The first kappa shape index (κ1) is 25.8. The van der Waals surface area contributed by atoms with Gasteiger partial charge in [-0.15, -0.1) is 0 Å². The zero-order valence-corrected chi connectivity index (χ0v) is 20.0. The van der Waals surface area contributed by atoms with E-state index in [9.17, 15) is 13.6 Å². The maximum absolute atomic E-state index is 14.2. The number of nitrogens with zero attached hydrogens (tertiary/aromatic N) is 3. The molecule has 0 radical (unpaired) electrons. The number of likely N-dealkylation sites (N-methyl/N-ethyl adjacent to an activating group) is 1. The monoisotopic (exact) mass is 472 g/mol. The van der Waals surface area contributed by atoms with Crippen LogP contribution >= 0.6 is 0 Å². The second kappa shape index (κ2) is 11.1. The number of amides is 1. The summed E-state index contributed by atoms with van der Waals surface area (Å²) < 4.78 is 41.3. The van der Waals surface area contributed by atoms with Crippen LogP contribution in [0.4, 0.5) is 13.6 Å². The number of alkyl halides is 2. The molecule has 0 atom stereocenters. The molecule has 1 saturated carbocycles. The molecule has 1 aromatic heterocycles. The van der Waals surface area contributed by atoms with Crippen LogP contribution in [0.5, 0.6) is 0 Å². The van der Waals surface area contributed by atoms with Gasteiger partial charge in [-0.2, -0.15) is 5.10 Å². The Morgan fingerprint density at radius 3 is 2.45 bits per heavy atom.